The van der Waals surface area contributed by atoms with Crippen molar-refractivity contribution in [1.82, 2.24) is 0 Å². The molecular formula is C17H19NO3. The highest BCUT2D eigenvalue weighted by molar-refractivity contribution is 5.78. The van der Waals surface area contributed by atoms with Crippen molar-refractivity contribution in [1.29, 1.82) is 0 Å². The van der Waals surface area contributed by atoms with Crippen LogP contribution in [-0.2, 0) is 27.5 Å². The summed E-state index contributed by atoms with van der Waals surface area (Å²) in [5.41, 5.74) is 7.37. The minimum Gasteiger partial charge on any atom is -0.374 e. The molecule has 0 radical (unpaired) electrons. The van der Waals surface area contributed by atoms with Gasteiger partial charge >= 0.3 is 0 Å². The summed E-state index contributed by atoms with van der Waals surface area (Å²) in [6, 6.07) is 19.4. The lowest BCUT2D eigenvalue weighted by molar-refractivity contribution is -0.135. The number of benzene rings is 2. The fourth-order valence-electron chi connectivity index (χ4n) is 1.84. The van der Waals surface area contributed by atoms with Crippen LogP contribution in [0, 0.1) is 0 Å². The molecule has 0 heterocycles. The molecule has 21 heavy (non-hydrogen) atoms. The van der Waals surface area contributed by atoms with Crippen molar-refractivity contribution in [2.45, 2.75) is 19.3 Å². The molecule has 0 saturated heterocycles. The summed E-state index contributed by atoms with van der Waals surface area (Å²) in [6.07, 6.45) is -0.742. The first-order chi connectivity index (χ1) is 10.3. The Bertz CT molecular complexity index is 542. The summed E-state index contributed by atoms with van der Waals surface area (Å²) < 4.78 is 11.0. The number of primary amides is 1. The molecule has 2 N–H and O–H groups in total. The minimum absolute atomic E-state index is 0.150. The van der Waals surface area contributed by atoms with E-state index in [0.717, 1.165) is 11.1 Å². The van der Waals surface area contributed by atoms with Crippen LogP contribution in [0.1, 0.15) is 11.1 Å². The maximum Gasteiger partial charge on any atom is 0.248 e. The summed E-state index contributed by atoms with van der Waals surface area (Å²) in [4.78, 5) is 11.4. The van der Waals surface area contributed by atoms with Gasteiger partial charge in [-0.2, -0.15) is 0 Å². The Labute approximate surface area is 124 Å². The standard InChI is InChI=1S/C17H19NO3/c18-17(19)16(21-12-15-9-5-2-6-10-15)13-20-11-14-7-3-1-4-8-14/h1-10,16H,11-13H2,(H2,18,19)/t16-/m1/s1. The average Bonchev–Trinajstić information content (AvgIpc) is 2.52. The molecule has 0 aliphatic heterocycles. The molecule has 2 aromatic rings. The number of ether oxygens (including phenoxy) is 2. The second kappa shape index (κ2) is 8.19. The molecule has 110 valence electrons. The van der Waals surface area contributed by atoms with Crippen molar-refractivity contribution in [3.05, 3.63) is 71.8 Å². The highest BCUT2D eigenvalue weighted by Crippen LogP contribution is 2.06. The van der Waals surface area contributed by atoms with Crippen LogP contribution in [0.3, 0.4) is 0 Å². The molecule has 0 saturated carbocycles. The van der Waals surface area contributed by atoms with Crippen molar-refractivity contribution in [3.8, 4) is 0 Å². The van der Waals surface area contributed by atoms with Crippen LogP contribution in [0.25, 0.3) is 0 Å². The normalized spacial score (nSPS) is 12.0. The van der Waals surface area contributed by atoms with Gasteiger partial charge in [0.05, 0.1) is 19.8 Å². The second-order valence-electron chi connectivity index (χ2n) is 4.69. The molecular weight excluding hydrogens is 266 g/mol. The molecule has 0 aliphatic rings. The Balaban J connectivity index is 1.78. The van der Waals surface area contributed by atoms with E-state index in [1.165, 1.54) is 0 Å². The predicted molar refractivity (Wildman–Crippen MR) is 80.3 cm³/mol. The Kier molecular flexibility index (Phi) is 5.94. The summed E-state index contributed by atoms with van der Waals surface area (Å²) in [5.74, 6) is -0.515. The van der Waals surface area contributed by atoms with Crippen molar-refractivity contribution in [3.63, 3.8) is 0 Å². The first-order valence-corrected chi connectivity index (χ1v) is 6.82. The fourth-order valence-corrected chi connectivity index (χ4v) is 1.84. The monoisotopic (exact) mass is 285 g/mol. The van der Waals surface area contributed by atoms with Gasteiger partial charge in [-0.25, -0.2) is 0 Å². The number of hydrogen-bond donors (Lipinski definition) is 1. The molecule has 1 amide bonds. The lowest BCUT2D eigenvalue weighted by Gasteiger charge is -2.15. The van der Waals surface area contributed by atoms with Gasteiger partial charge in [-0.15, -0.1) is 0 Å². The van der Waals surface area contributed by atoms with Crippen LogP contribution in [0.15, 0.2) is 60.7 Å². The van der Waals surface area contributed by atoms with Gasteiger partial charge in [-0.3, -0.25) is 4.79 Å². The number of nitrogens with two attached hydrogens (primary N) is 1. The maximum absolute atomic E-state index is 11.4. The SMILES string of the molecule is NC(=O)[C@@H](COCc1ccccc1)OCc1ccccc1. The fraction of sp³-hybridized carbons (Fsp3) is 0.235. The molecule has 0 unspecified atom stereocenters. The number of rotatable bonds is 8. The molecule has 0 spiro atoms. The van der Waals surface area contributed by atoms with Gasteiger partial charge < -0.3 is 15.2 Å². The van der Waals surface area contributed by atoms with Gasteiger partial charge in [0.2, 0.25) is 5.91 Å². The van der Waals surface area contributed by atoms with Gasteiger partial charge in [0, 0.05) is 0 Å². The molecule has 0 bridgehead atoms. The molecule has 2 rings (SSSR count). The van der Waals surface area contributed by atoms with Crippen molar-refractivity contribution >= 4 is 5.91 Å². The number of hydrogen-bond acceptors (Lipinski definition) is 3. The molecule has 2 aromatic carbocycles. The zero-order valence-corrected chi connectivity index (χ0v) is 11.8. The van der Waals surface area contributed by atoms with E-state index in [9.17, 15) is 4.79 Å². The van der Waals surface area contributed by atoms with E-state index in [-0.39, 0.29) is 6.61 Å². The Morgan fingerprint density at radius 3 is 1.95 bits per heavy atom. The summed E-state index contributed by atoms with van der Waals surface area (Å²) >= 11 is 0. The van der Waals surface area contributed by atoms with Crippen molar-refractivity contribution in [2.24, 2.45) is 5.73 Å². The summed E-state index contributed by atoms with van der Waals surface area (Å²) in [6.45, 7) is 0.916. The minimum atomic E-state index is -0.742. The quantitative estimate of drug-likeness (QED) is 0.809. The largest absolute Gasteiger partial charge is 0.374 e. The number of carbonyl (C=O) groups excluding carboxylic acids is 1. The van der Waals surface area contributed by atoms with E-state index in [1.807, 2.05) is 60.7 Å². The lowest BCUT2D eigenvalue weighted by Crippen LogP contribution is -2.35. The van der Waals surface area contributed by atoms with Gasteiger partial charge in [0.25, 0.3) is 0 Å². The third-order valence-electron chi connectivity index (χ3n) is 2.99. The van der Waals surface area contributed by atoms with E-state index in [2.05, 4.69) is 0 Å². The van der Waals surface area contributed by atoms with Crippen LogP contribution >= 0.6 is 0 Å². The Morgan fingerprint density at radius 1 is 0.905 bits per heavy atom. The summed E-state index contributed by atoms with van der Waals surface area (Å²) in [7, 11) is 0. The molecule has 1 atom stereocenters. The Morgan fingerprint density at radius 2 is 1.43 bits per heavy atom. The summed E-state index contributed by atoms with van der Waals surface area (Å²) in [5, 5.41) is 0. The number of carbonyl (C=O) groups is 1. The van der Waals surface area contributed by atoms with E-state index >= 15 is 0 Å². The highest BCUT2D eigenvalue weighted by Gasteiger charge is 2.16. The zero-order valence-electron chi connectivity index (χ0n) is 11.8. The molecule has 4 heteroatoms. The zero-order chi connectivity index (χ0) is 14.9. The first kappa shape index (κ1) is 15.2. The first-order valence-electron chi connectivity index (χ1n) is 6.82. The smallest absolute Gasteiger partial charge is 0.248 e. The number of amides is 1. The highest BCUT2D eigenvalue weighted by atomic mass is 16.5. The van der Waals surface area contributed by atoms with Gasteiger partial charge in [0.15, 0.2) is 6.10 Å². The molecule has 0 aromatic heterocycles. The van der Waals surface area contributed by atoms with Crippen LogP contribution in [0.4, 0.5) is 0 Å². The van der Waals surface area contributed by atoms with Crippen molar-refractivity contribution in [2.75, 3.05) is 6.61 Å². The van der Waals surface area contributed by atoms with Crippen molar-refractivity contribution < 1.29 is 14.3 Å². The van der Waals surface area contributed by atoms with E-state index in [0.29, 0.717) is 13.2 Å². The van der Waals surface area contributed by atoms with E-state index in [1.54, 1.807) is 0 Å². The van der Waals surface area contributed by atoms with Gasteiger partial charge in [0.1, 0.15) is 0 Å². The van der Waals surface area contributed by atoms with Crippen LogP contribution < -0.4 is 5.73 Å². The van der Waals surface area contributed by atoms with Crippen LogP contribution in [0.2, 0.25) is 0 Å². The molecule has 0 aliphatic carbocycles. The average molecular weight is 285 g/mol. The predicted octanol–water partition coefficient (Wildman–Crippen LogP) is 2.27. The molecule has 4 nitrogen and oxygen atoms in total. The van der Waals surface area contributed by atoms with E-state index < -0.39 is 12.0 Å². The van der Waals surface area contributed by atoms with E-state index in [4.69, 9.17) is 15.2 Å². The van der Waals surface area contributed by atoms with Crippen LogP contribution in [-0.4, -0.2) is 18.6 Å². The lowest BCUT2D eigenvalue weighted by atomic mass is 10.2. The third kappa shape index (κ3) is 5.38. The van der Waals surface area contributed by atoms with Crippen LogP contribution in [0.5, 0.6) is 0 Å². The topological polar surface area (TPSA) is 61.6 Å². The molecule has 0 fully saturated rings. The van der Waals surface area contributed by atoms with Gasteiger partial charge in [-0.1, -0.05) is 60.7 Å². The second-order valence-corrected chi connectivity index (χ2v) is 4.69. The Hall–Kier alpha value is -2.17. The third-order valence-corrected chi connectivity index (χ3v) is 2.99. The maximum atomic E-state index is 11.4. The van der Waals surface area contributed by atoms with Gasteiger partial charge in [-0.05, 0) is 11.1 Å².